The fraction of sp³-hybridized carbons (Fsp3) is 0.500. The Kier molecular flexibility index (Phi) is 5.29. The summed E-state index contributed by atoms with van der Waals surface area (Å²) in [6.45, 7) is 2.30. The molecule has 142 valence electrons. The molecule has 2 atom stereocenters. The largest absolute Gasteiger partial charge is 0.329 e. The second-order valence-electron chi connectivity index (χ2n) is 6.47. The average molecular weight is 399 g/mol. The van der Waals surface area contributed by atoms with Crippen molar-refractivity contribution in [1.29, 1.82) is 0 Å². The fourth-order valence-electron chi connectivity index (χ4n) is 3.26. The first-order chi connectivity index (χ1) is 12.3. The molecule has 3 rings (SSSR count). The van der Waals surface area contributed by atoms with Crippen LogP contribution in [0.3, 0.4) is 0 Å². The Bertz CT molecular complexity index is 829. The van der Waals surface area contributed by atoms with E-state index in [1.54, 1.807) is 28.8 Å². The van der Waals surface area contributed by atoms with E-state index >= 15 is 0 Å². The van der Waals surface area contributed by atoms with E-state index in [0.717, 1.165) is 6.42 Å². The summed E-state index contributed by atoms with van der Waals surface area (Å²) >= 11 is 1.61. The normalized spacial score (nSPS) is 25.4. The van der Waals surface area contributed by atoms with Gasteiger partial charge in [-0.05, 0) is 31.5 Å². The number of sulfonamides is 1. The Morgan fingerprint density at radius 1 is 1.46 bits per heavy atom. The molecule has 2 saturated heterocycles. The summed E-state index contributed by atoms with van der Waals surface area (Å²) < 4.78 is 26.7. The summed E-state index contributed by atoms with van der Waals surface area (Å²) in [5.74, 6) is 0.213. The van der Waals surface area contributed by atoms with Crippen LogP contribution in [0.5, 0.6) is 0 Å². The topological polar surface area (TPSA) is 122 Å². The van der Waals surface area contributed by atoms with Crippen molar-refractivity contribution in [2.75, 3.05) is 24.2 Å². The number of carbonyl (C=O) groups excluding carboxylic acids is 2. The van der Waals surface area contributed by atoms with Gasteiger partial charge in [-0.25, -0.2) is 13.1 Å². The van der Waals surface area contributed by atoms with Crippen molar-refractivity contribution in [3.05, 3.63) is 24.3 Å². The molecule has 1 aromatic rings. The van der Waals surface area contributed by atoms with E-state index in [-0.39, 0.29) is 34.7 Å². The van der Waals surface area contributed by atoms with Crippen LogP contribution in [0.4, 0.5) is 5.69 Å². The standard InChI is InChI=1S/C16H22N4O4S2/c1-16-6-5-14(21)20(16)13(10-25-16)15(22)19-11-3-2-4-12(9-11)26(23,24)18-8-7-17/h2-4,9,13,18H,5-8,10,17H2,1H3,(H,19,22). The summed E-state index contributed by atoms with van der Waals surface area (Å²) in [5, 5.41) is 2.74. The quantitative estimate of drug-likeness (QED) is 0.634. The van der Waals surface area contributed by atoms with E-state index in [9.17, 15) is 18.0 Å². The zero-order valence-corrected chi connectivity index (χ0v) is 16.0. The molecule has 0 spiro atoms. The lowest BCUT2D eigenvalue weighted by Crippen LogP contribution is -2.48. The van der Waals surface area contributed by atoms with Crippen LogP contribution in [0.25, 0.3) is 0 Å². The van der Waals surface area contributed by atoms with Gasteiger partial charge in [0.15, 0.2) is 0 Å². The molecular weight excluding hydrogens is 376 g/mol. The molecule has 0 aliphatic carbocycles. The van der Waals surface area contributed by atoms with E-state index in [1.807, 2.05) is 6.92 Å². The van der Waals surface area contributed by atoms with Crippen LogP contribution in [0, 0.1) is 0 Å². The highest BCUT2D eigenvalue weighted by molar-refractivity contribution is 8.01. The number of carbonyl (C=O) groups is 2. The maximum Gasteiger partial charge on any atom is 0.248 e. The van der Waals surface area contributed by atoms with Crippen molar-refractivity contribution in [2.24, 2.45) is 5.73 Å². The van der Waals surface area contributed by atoms with E-state index < -0.39 is 16.1 Å². The maximum atomic E-state index is 12.7. The molecule has 0 saturated carbocycles. The molecule has 1 aromatic carbocycles. The van der Waals surface area contributed by atoms with Crippen molar-refractivity contribution < 1.29 is 18.0 Å². The van der Waals surface area contributed by atoms with Crippen LogP contribution >= 0.6 is 11.8 Å². The Balaban J connectivity index is 1.74. The first-order valence-corrected chi connectivity index (χ1v) is 10.8. The number of amides is 2. The number of rotatable bonds is 6. The second-order valence-corrected chi connectivity index (χ2v) is 9.74. The number of nitrogens with two attached hydrogens (primary N) is 1. The summed E-state index contributed by atoms with van der Waals surface area (Å²) in [4.78, 5) is 26.2. The van der Waals surface area contributed by atoms with Crippen molar-refractivity contribution in [3.8, 4) is 0 Å². The third-order valence-electron chi connectivity index (χ3n) is 4.60. The van der Waals surface area contributed by atoms with Gasteiger partial charge in [-0.15, -0.1) is 11.8 Å². The van der Waals surface area contributed by atoms with E-state index in [0.29, 0.717) is 17.9 Å². The SMILES string of the molecule is CC12CCC(=O)N1C(C(=O)Nc1cccc(S(=O)(=O)NCCN)c1)CS2. The number of thioether (sulfide) groups is 1. The first-order valence-electron chi connectivity index (χ1n) is 8.34. The van der Waals surface area contributed by atoms with Gasteiger partial charge in [-0.1, -0.05) is 6.07 Å². The minimum atomic E-state index is -3.68. The predicted octanol–water partition coefficient (Wildman–Crippen LogP) is 0.316. The van der Waals surface area contributed by atoms with Crippen LogP contribution in [-0.4, -0.2) is 54.9 Å². The van der Waals surface area contributed by atoms with Crippen LogP contribution in [0.15, 0.2) is 29.2 Å². The van der Waals surface area contributed by atoms with Crippen molar-refractivity contribution in [2.45, 2.75) is 35.6 Å². The highest BCUT2D eigenvalue weighted by Gasteiger charge is 2.52. The zero-order valence-electron chi connectivity index (χ0n) is 14.4. The summed E-state index contributed by atoms with van der Waals surface area (Å²) in [6, 6.07) is 5.47. The number of nitrogens with zero attached hydrogens (tertiary/aromatic N) is 1. The minimum Gasteiger partial charge on any atom is -0.329 e. The van der Waals surface area contributed by atoms with Crippen molar-refractivity contribution in [1.82, 2.24) is 9.62 Å². The van der Waals surface area contributed by atoms with Gasteiger partial charge in [-0.3, -0.25) is 9.59 Å². The highest BCUT2D eigenvalue weighted by Crippen LogP contribution is 2.47. The smallest absolute Gasteiger partial charge is 0.248 e. The molecule has 0 radical (unpaired) electrons. The van der Waals surface area contributed by atoms with Gasteiger partial charge in [0.05, 0.1) is 9.77 Å². The Labute approximate surface area is 156 Å². The van der Waals surface area contributed by atoms with Gasteiger partial charge in [0, 0.05) is 31.0 Å². The average Bonchev–Trinajstić information content (AvgIpc) is 3.10. The van der Waals surface area contributed by atoms with Crippen LogP contribution in [-0.2, 0) is 19.6 Å². The van der Waals surface area contributed by atoms with Gasteiger partial charge in [-0.2, -0.15) is 0 Å². The van der Waals surface area contributed by atoms with Crippen molar-refractivity contribution in [3.63, 3.8) is 0 Å². The van der Waals surface area contributed by atoms with Crippen LogP contribution in [0.1, 0.15) is 19.8 Å². The van der Waals surface area contributed by atoms with Crippen molar-refractivity contribution >= 4 is 39.3 Å². The fourth-order valence-corrected chi connectivity index (χ4v) is 5.78. The summed E-state index contributed by atoms with van der Waals surface area (Å²) in [6.07, 6.45) is 1.19. The van der Waals surface area contributed by atoms with Gasteiger partial charge in [0.1, 0.15) is 6.04 Å². The van der Waals surface area contributed by atoms with Gasteiger partial charge < -0.3 is 16.0 Å². The van der Waals surface area contributed by atoms with Gasteiger partial charge >= 0.3 is 0 Å². The van der Waals surface area contributed by atoms with Gasteiger partial charge in [0.2, 0.25) is 21.8 Å². The number of fused-ring (bicyclic) bond motifs is 1. The molecule has 10 heteroatoms. The molecule has 4 N–H and O–H groups in total. The lowest BCUT2D eigenvalue weighted by molar-refractivity contribution is -0.135. The monoisotopic (exact) mass is 398 g/mol. The summed E-state index contributed by atoms with van der Waals surface area (Å²) in [5.41, 5.74) is 5.70. The lowest BCUT2D eigenvalue weighted by atomic mass is 10.2. The molecule has 2 fully saturated rings. The second kappa shape index (κ2) is 7.18. The van der Waals surface area contributed by atoms with Crippen LogP contribution < -0.4 is 15.8 Å². The molecule has 0 aromatic heterocycles. The molecule has 2 unspecified atom stereocenters. The zero-order chi connectivity index (χ0) is 18.9. The molecule has 26 heavy (non-hydrogen) atoms. The van der Waals surface area contributed by atoms with E-state index in [4.69, 9.17) is 5.73 Å². The van der Waals surface area contributed by atoms with Crippen LogP contribution in [0.2, 0.25) is 0 Å². The van der Waals surface area contributed by atoms with E-state index in [1.165, 1.54) is 12.1 Å². The Hall–Kier alpha value is -1.62. The third-order valence-corrected chi connectivity index (χ3v) is 7.56. The molecule has 2 aliphatic rings. The molecule has 2 amide bonds. The van der Waals surface area contributed by atoms with Gasteiger partial charge in [0.25, 0.3) is 0 Å². The minimum absolute atomic E-state index is 0.0139. The predicted molar refractivity (Wildman–Crippen MR) is 100 cm³/mol. The Morgan fingerprint density at radius 3 is 2.96 bits per heavy atom. The molecule has 0 bridgehead atoms. The number of benzene rings is 1. The third kappa shape index (κ3) is 3.59. The number of anilines is 1. The number of nitrogens with one attached hydrogen (secondary N) is 2. The molecule has 2 heterocycles. The number of hydrogen-bond acceptors (Lipinski definition) is 6. The lowest BCUT2D eigenvalue weighted by Gasteiger charge is -2.29. The first kappa shape index (κ1) is 19.2. The molecular formula is C16H22N4O4S2. The summed E-state index contributed by atoms with van der Waals surface area (Å²) in [7, 11) is -3.68. The molecule has 8 nitrogen and oxygen atoms in total. The maximum absolute atomic E-state index is 12.7. The Morgan fingerprint density at radius 2 is 2.23 bits per heavy atom. The van der Waals surface area contributed by atoms with E-state index in [2.05, 4.69) is 10.0 Å². The molecule has 2 aliphatic heterocycles. The highest BCUT2D eigenvalue weighted by atomic mass is 32.2. The number of hydrogen-bond donors (Lipinski definition) is 3.